The van der Waals surface area contributed by atoms with Crippen molar-refractivity contribution in [3.05, 3.63) is 60.2 Å². The van der Waals surface area contributed by atoms with Crippen LogP contribution in [0.5, 0.6) is 0 Å². The maximum atomic E-state index is 11.3. The fraction of sp³-hybridized carbons (Fsp3) is 0.235. The predicted octanol–water partition coefficient (Wildman–Crippen LogP) is 3.38. The molecule has 2 aromatic rings. The molecule has 0 aliphatic carbocycles. The maximum Gasteiger partial charge on any atom is 0.130 e. The van der Waals surface area contributed by atoms with Gasteiger partial charge in [0, 0.05) is 12.3 Å². The summed E-state index contributed by atoms with van der Waals surface area (Å²) in [4.78, 5) is 11.3. The lowest BCUT2D eigenvalue weighted by atomic mass is 9.91. The zero-order chi connectivity index (χ0) is 13.7. The van der Waals surface area contributed by atoms with E-state index in [1.165, 1.54) is 11.1 Å². The smallest absolute Gasteiger partial charge is 0.130 e. The molecule has 98 valence electrons. The Morgan fingerprint density at radius 1 is 1.05 bits per heavy atom. The quantitative estimate of drug-likeness (QED) is 0.887. The summed E-state index contributed by atoms with van der Waals surface area (Å²) in [5, 5.41) is 0. The Hall–Kier alpha value is -1.93. The minimum atomic E-state index is 0.112. The third-order valence-electron chi connectivity index (χ3n) is 3.28. The number of carbonyl (C=O) groups is 1. The molecule has 0 heterocycles. The summed E-state index contributed by atoms with van der Waals surface area (Å²) < 4.78 is 0. The van der Waals surface area contributed by atoms with Crippen molar-refractivity contribution in [3.8, 4) is 11.1 Å². The van der Waals surface area contributed by atoms with Gasteiger partial charge in [0.25, 0.3) is 0 Å². The monoisotopic (exact) mass is 253 g/mol. The largest absolute Gasteiger partial charge is 0.330 e. The number of carbonyl (C=O) groups excluding carboxylic acids is 1. The summed E-state index contributed by atoms with van der Waals surface area (Å²) in [5.74, 6) is 0.293. The molecule has 2 N–H and O–H groups in total. The van der Waals surface area contributed by atoms with E-state index in [1.54, 1.807) is 6.92 Å². The van der Waals surface area contributed by atoms with Gasteiger partial charge >= 0.3 is 0 Å². The fourth-order valence-corrected chi connectivity index (χ4v) is 2.29. The van der Waals surface area contributed by atoms with Crippen LogP contribution in [0, 0.1) is 0 Å². The molecule has 0 radical (unpaired) electrons. The van der Waals surface area contributed by atoms with Gasteiger partial charge < -0.3 is 10.5 Å². The first-order valence-corrected chi connectivity index (χ1v) is 6.55. The van der Waals surface area contributed by atoms with Crippen LogP contribution in [0.1, 0.15) is 24.8 Å². The van der Waals surface area contributed by atoms with E-state index in [0.29, 0.717) is 13.0 Å². The van der Waals surface area contributed by atoms with Crippen LogP contribution < -0.4 is 5.73 Å². The van der Waals surface area contributed by atoms with E-state index in [2.05, 4.69) is 24.3 Å². The summed E-state index contributed by atoms with van der Waals surface area (Å²) in [5.41, 5.74) is 9.28. The molecule has 0 bridgehead atoms. The molecule has 0 saturated carbocycles. The SMILES string of the molecule is CC(=O)C[C@H](CN)c1cccc(-c2ccccc2)c1. The van der Waals surface area contributed by atoms with Crippen LogP contribution in [0.15, 0.2) is 54.6 Å². The van der Waals surface area contributed by atoms with E-state index in [9.17, 15) is 4.79 Å². The first-order chi connectivity index (χ1) is 9.20. The molecule has 2 rings (SSSR count). The highest BCUT2D eigenvalue weighted by Gasteiger charge is 2.12. The van der Waals surface area contributed by atoms with Gasteiger partial charge in [0.15, 0.2) is 0 Å². The Kier molecular flexibility index (Phi) is 4.48. The Morgan fingerprint density at radius 2 is 1.74 bits per heavy atom. The number of nitrogens with two attached hydrogens (primary N) is 1. The molecule has 2 aromatic carbocycles. The summed E-state index contributed by atoms with van der Waals surface area (Å²) in [7, 11) is 0. The zero-order valence-electron chi connectivity index (χ0n) is 11.2. The Morgan fingerprint density at radius 3 is 2.37 bits per heavy atom. The Bertz CT molecular complexity index is 548. The van der Waals surface area contributed by atoms with Crippen molar-refractivity contribution in [1.29, 1.82) is 0 Å². The standard InChI is InChI=1S/C17H19NO/c1-13(19)10-17(12-18)16-9-5-8-15(11-16)14-6-3-2-4-7-14/h2-9,11,17H,10,12,18H2,1H3/t17-/m1/s1. The van der Waals surface area contributed by atoms with Crippen molar-refractivity contribution in [1.82, 2.24) is 0 Å². The van der Waals surface area contributed by atoms with Crippen LogP contribution in [-0.2, 0) is 4.79 Å². The molecule has 0 spiro atoms. The maximum absolute atomic E-state index is 11.3. The molecule has 0 aliphatic heterocycles. The average molecular weight is 253 g/mol. The molecule has 19 heavy (non-hydrogen) atoms. The van der Waals surface area contributed by atoms with Gasteiger partial charge in [-0.15, -0.1) is 0 Å². The predicted molar refractivity (Wildman–Crippen MR) is 79.0 cm³/mol. The van der Waals surface area contributed by atoms with Crippen LogP contribution in [0.2, 0.25) is 0 Å². The number of ketones is 1. The van der Waals surface area contributed by atoms with Crippen molar-refractivity contribution in [3.63, 3.8) is 0 Å². The zero-order valence-corrected chi connectivity index (χ0v) is 11.2. The number of rotatable bonds is 5. The molecule has 0 aliphatic rings. The van der Waals surface area contributed by atoms with Gasteiger partial charge in [-0.3, -0.25) is 0 Å². The number of hydrogen-bond donors (Lipinski definition) is 1. The van der Waals surface area contributed by atoms with E-state index in [4.69, 9.17) is 5.73 Å². The van der Waals surface area contributed by atoms with Gasteiger partial charge in [0.1, 0.15) is 5.78 Å². The average Bonchev–Trinajstić information content (AvgIpc) is 2.45. The summed E-state index contributed by atoms with van der Waals surface area (Å²) >= 11 is 0. The Labute approximate surface area is 114 Å². The van der Waals surface area contributed by atoms with E-state index in [0.717, 1.165) is 5.56 Å². The highest BCUT2D eigenvalue weighted by molar-refractivity contribution is 5.76. The van der Waals surface area contributed by atoms with Crippen LogP contribution >= 0.6 is 0 Å². The Balaban J connectivity index is 2.31. The molecule has 0 unspecified atom stereocenters. The molecule has 0 fully saturated rings. The topological polar surface area (TPSA) is 43.1 Å². The van der Waals surface area contributed by atoms with Gasteiger partial charge in [0.05, 0.1) is 0 Å². The molecule has 2 heteroatoms. The second-order valence-corrected chi connectivity index (χ2v) is 4.83. The number of Topliss-reactive ketones (excluding diaryl/α,β-unsaturated/α-hetero) is 1. The van der Waals surface area contributed by atoms with Crippen LogP contribution in [0.25, 0.3) is 11.1 Å². The summed E-state index contributed by atoms with van der Waals surface area (Å²) in [6, 6.07) is 18.5. The normalized spacial score (nSPS) is 12.1. The van der Waals surface area contributed by atoms with Crippen molar-refractivity contribution in [2.75, 3.05) is 6.54 Å². The third-order valence-corrected chi connectivity index (χ3v) is 3.28. The first kappa shape index (κ1) is 13.5. The second kappa shape index (κ2) is 6.30. The molecule has 0 saturated heterocycles. The molecule has 2 nitrogen and oxygen atoms in total. The molecule has 0 aromatic heterocycles. The van der Waals surface area contributed by atoms with Crippen molar-refractivity contribution in [2.45, 2.75) is 19.3 Å². The van der Waals surface area contributed by atoms with Gasteiger partial charge in [-0.2, -0.15) is 0 Å². The van der Waals surface area contributed by atoms with Crippen molar-refractivity contribution < 1.29 is 4.79 Å². The molecule has 0 amide bonds. The second-order valence-electron chi connectivity index (χ2n) is 4.83. The van der Waals surface area contributed by atoms with Gasteiger partial charge in [-0.05, 0) is 30.2 Å². The lowest BCUT2D eigenvalue weighted by Gasteiger charge is -2.14. The van der Waals surface area contributed by atoms with Crippen LogP contribution in [-0.4, -0.2) is 12.3 Å². The fourth-order valence-electron chi connectivity index (χ4n) is 2.29. The lowest BCUT2D eigenvalue weighted by Crippen LogP contribution is -2.15. The van der Waals surface area contributed by atoms with Gasteiger partial charge in [-0.25, -0.2) is 0 Å². The third kappa shape index (κ3) is 3.52. The number of hydrogen-bond acceptors (Lipinski definition) is 2. The van der Waals surface area contributed by atoms with Crippen molar-refractivity contribution in [2.24, 2.45) is 5.73 Å². The number of benzene rings is 2. The highest BCUT2D eigenvalue weighted by Crippen LogP contribution is 2.25. The highest BCUT2D eigenvalue weighted by atomic mass is 16.1. The van der Waals surface area contributed by atoms with E-state index in [1.807, 2.05) is 30.3 Å². The lowest BCUT2D eigenvalue weighted by molar-refractivity contribution is -0.117. The minimum Gasteiger partial charge on any atom is -0.330 e. The van der Waals surface area contributed by atoms with Crippen LogP contribution in [0.3, 0.4) is 0 Å². The first-order valence-electron chi connectivity index (χ1n) is 6.55. The molecule has 1 atom stereocenters. The molecular formula is C17H19NO. The van der Waals surface area contributed by atoms with Crippen LogP contribution in [0.4, 0.5) is 0 Å². The summed E-state index contributed by atoms with van der Waals surface area (Å²) in [6.07, 6.45) is 0.509. The van der Waals surface area contributed by atoms with Crippen molar-refractivity contribution >= 4 is 5.78 Å². The minimum absolute atomic E-state index is 0.112. The van der Waals surface area contributed by atoms with Gasteiger partial charge in [0.2, 0.25) is 0 Å². The van der Waals surface area contributed by atoms with E-state index >= 15 is 0 Å². The van der Waals surface area contributed by atoms with Gasteiger partial charge in [-0.1, -0.05) is 54.6 Å². The molecular weight excluding hydrogens is 234 g/mol. The van der Waals surface area contributed by atoms with E-state index in [-0.39, 0.29) is 11.7 Å². The van der Waals surface area contributed by atoms with E-state index < -0.39 is 0 Å². The summed E-state index contributed by atoms with van der Waals surface area (Å²) in [6.45, 7) is 2.11.